The minimum Gasteiger partial charge on any atom is -0.392 e. The number of nitrogens with one attached hydrogen (secondary N) is 2. The maximum Gasteiger partial charge on any atom is 0.239 e. The number of carbonyl (C=O) groups excluding carboxylic acids is 1. The molecule has 3 N–H and O–H groups in total. The summed E-state index contributed by atoms with van der Waals surface area (Å²) in [5.41, 5.74) is 0.591. The number of nitrogens with zero attached hydrogens (tertiary/aromatic N) is 1. The molecule has 0 fully saturated rings. The quantitative estimate of drug-likeness (QED) is 0.676. The zero-order valence-corrected chi connectivity index (χ0v) is 9.66. The van der Waals surface area contributed by atoms with E-state index >= 15 is 0 Å². The summed E-state index contributed by atoms with van der Waals surface area (Å²) in [6.45, 7) is 2.11. The van der Waals surface area contributed by atoms with Crippen molar-refractivity contribution >= 4 is 29.0 Å². The summed E-state index contributed by atoms with van der Waals surface area (Å²) in [5, 5.41) is 14.6. The van der Waals surface area contributed by atoms with Crippen molar-refractivity contribution < 1.29 is 9.90 Å². The molecular weight excluding hydrogens is 230 g/mol. The third-order valence-electron chi connectivity index (χ3n) is 1.75. The van der Waals surface area contributed by atoms with Gasteiger partial charge in [-0.25, -0.2) is 4.98 Å². The largest absolute Gasteiger partial charge is 0.392 e. The molecule has 0 bridgehead atoms. The Morgan fingerprint density at radius 1 is 1.62 bits per heavy atom. The lowest BCUT2D eigenvalue weighted by Crippen LogP contribution is -2.16. The predicted octanol–water partition coefficient (Wildman–Crippen LogP) is 1.05. The normalized spacial score (nSPS) is 11.9. The molecule has 0 saturated carbocycles. The van der Waals surface area contributed by atoms with E-state index in [9.17, 15) is 4.79 Å². The first-order valence-corrected chi connectivity index (χ1v) is 5.39. The number of aliphatic hydroxyl groups is 1. The molecule has 88 valence electrons. The first-order chi connectivity index (χ1) is 7.61. The van der Waals surface area contributed by atoms with Gasteiger partial charge in [-0.15, -0.1) is 11.6 Å². The van der Waals surface area contributed by atoms with Crippen LogP contribution in [0.1, 0.15) is 6.92 Å². The van der Waals surface area contributed by atoms with Crippen molar-refractivity contribution in [1.82, 2.24) is 4.98 Å². The van der Waals surface area contributed by atoms with Crippen LogP contribution in [0.3, 0.4) is 0 Å². The number of hydrogen-bond acceptors (Lipinski definition) is 4. The van der Waals surface area contributed by atoms with Crippen LogP contribution in [0.2, 0.25) is 0 Å². The SMILES string of the molecule is CC(O)CNc1ccc(NC(=O)CCl)cn1. The molecule has 1 aromatic rings. The Hall–Kier alpha value is -1.33. The highest BCUT2D eigenvalue weighted by atomic mass is 35.5. The fourth-order valence-corrected chi connectivity index (χ4v) is 1.09. The topological polar surface area (TPSA) is 74.2 Å². The Balaban J connectivity index is 2.51. The number of anilines is 2. The van der Waals surface area contributed by atoms with Gasteiger partial charge in [0, 0.05) is 6.54 Å². The minimum absolute atomic E-state index is 0.0813. The zero-order valence-electron chi connectivity index (χ0n) is 8.90. The standard InChI is InChI=1S/C10H14ClN3O2/c1-7(15)5-12-9-3-2-8(6-13-9)14-10(16)4-11/h2-3,6-7,15H,4-5H2,1H3,(H,12,13)(H,14,16). The summed E-state index contributed by atoms with van der Waals surface area (Å²) in [5.74, 6) is 0.292. The van der Waals surface area contributed by atoms with Crippen molar-refractivity contribution in [3.05, 3.63) is 18.3 Å². The van der Waals surface area contributed by atoms with Gasteiger partial charge < -0.3 is 15.7 Å². The highest BCUT2D eigenvalue weighted by Crippen LogP contribution is 2.09. The van der Waals surface area contributed by atoms with Crippen LogP contribution in [0.5, 0.6) is 0 Å². The van der Waals surface area contributed by atoms with Gasteiger partial charge in [0.2, 0.25) is 5.91 Å². The van der Waals surface area contributed by atoms with Crippen LogP contribution in [0.25, 0.3) is 0 Å². The molecule has 0 aliphatic heterocycles. The molecule has 1 atom stereocenters. The van der Waals surface area contributed by atoms with Gasteiger partial charge in [-0.05, 0) is 19.1 Å². The van der Waals surface area contributed by atoms with Crippen molar-refractivity contribution in [2.45, 2.75) is 13.0 Å². The second-order valence-electron chi connectivity index (χ2n) is 3.34. The van der Waals surface area contributed by atoms with Gasteiger partial charge in [0.25, 0.3) is 0 Å². The second kappa shape index (κ2) is 6.30. The van der Waals surface area contributed by atoms with Crippen molar-refractivity contribution in [2.24, 2.45) is 0 Å². The van der Waals surface area contributed by atoms with Crippen molar-refractivity contribution in [3.63, 3.8) is 0 Å². The molecule has 1 heterocycles. The summed E-state index contributed by atoms with van der Waals surface area (Å²) in [7, 11) is 0. The first-order valence-electron chi connectivity index (χ1n) is 4.85. The van der Waals surface area contributed by atoms with E-state index in [0.717, 1.165) is 0 Å². The summed E-state index contributed by atoms with van der Waals surface area (Å²) < 4.78 is 0. The number of hydrogen-bond donors (Lipinski definition) is 3. The molecule has 1 unspecified atom stereocenters. The third-order valence-corrected chi connectivity index (χ3v) is 1.99. The third kappa shape index (κ3) is 4.46. The highest BCUT2D eigenvalue weighted by Gasteiger charge is 2.01. The molecule has 0 saturated heterocycles. The van der Waals surface area contributed by atoms with E-state index in [0.29, 0.717) is 18.1 Å². The first kappa shape index (κ1) is 12.7. The van der Waals surface area contributed by atoms with Gasteiger partial charge in [-0.3, -0.25) is 4.79 Å². The molecule has 1 amide bonds. The summed E-state index contributed by atoms with van der Waals surface area (Å²) in [6, 6.07) is 3.42. The Bertz CT molecular complexity index is 340. The Kier molecular flexibility index (Phi) is 5.01. The number of aromatic nitrogens is 1. The molecule has 1 rings (SSSR count). The zero-order chi connectivity index (χ0) is 12.0. The smallest absolute Gasteiger partial charge is 0.239 e. The summed E-state index contributed by atoms with van der Waals surface area (Å²) in [4.78, 5) is 15.0. The minimum atomic E-state index is -0.433. The molecule has 0 aromatic carbocycles. The maximum absolute atomic E-state index is 11.0. The summed E-state index contributed by atoms with van der Waals surface area (Å²) in [6.07, 6.45) is 1.09. The van der Waals surface area contributed by atoms with Crippen LogP contribution in [0.15, 0.2) is 18.3 Å². The average Bonchev–Trinajstić information content (AvgIpc) is 2.28. The molecule has 16 heavy (non-hydrogen) atoms. The van der Waals surface area contributed by atoms with E-state index in [1.54, 1.807) is 19.1 Å². The lowest BCUT2D eigenvalue weighted by atomic mass is 10.3. The number of aliphatic hydroxyl groups excluding tert-OH is 1. The second-order valence-corrected chi connectivity index (χ2v) is 3.61. The van der Waals surface area contributed by atoms with Crippen LogP contribution >= 0.6 is 11.6 Å². The highest BCUT2D eigenvalue weighted by molar-refractivity contribution is 6.29. The molecule has 0 radical (unpaired) electrons. The van der Waals surface area contributed by atoms with E-state index < -0.39 is 6.10 Å². The van der Waals surface area contributed by atoms with E-state index in [2.05, 4.69) is 15.6 Å². The number of rotatable bonds is 5. The number of halogens is 1. The lowest BCUT2D eigenvalue weighted by molar-refractivity contribution is -0.113. The number of carbonyl (C=O) groups is 1. The predicted molar refractivity (Wildman–Crippen MR) is 63.8 cm³/mol. The molecular formula is C10H14ClN3O2. The Labute approximate surface area is 98.8 Å². The van der Waals surface area contributed by atoms with Gasteiger partial charge in [0.1, 0.15) is 11.7 Å². The fourth-order valence-electron chi connectivity index (χ4n) is 1.02. The van der Waals surface area contributed by atoms with E-state index in [1.807, 2.05) is 0 Å². The van der Waals surface area contributed by atoms with Crippen molar-refractivity contribution in [1.29, 1.82) is 0 Å². The van der Waals surface area contributed by atoms with Crippen LogP contribution in [-0.4, -0.2) is 34.5 Å². The summed E-state index contributed by atoms with van der Waals surface area (Å²) >= 11 is 5.35. The lowest BCUT2D eigenvalue weighted by Gasteiger charge is -2.08. The van der Waals surface area contributed by atoms with E-state index in [-0.39, 0.29) is 11.8 Å². The molecule has 5 nitrogen and oxygen atoms in total. The molecule has 0 spiro atoms. The monoisotopic (exact) mass is 243 g/mol. The number of alkyl halides is 1. The van der Waals surface area contributed by atoms with Gasteiger partial charge >= 0.3 is 0 Å². The van der Waals surface area contributed by atoms with Gasteiger partial charge in [-0.2, -0.15) is 0 Å². The van der Waals surface area contributed by atoms with E-state index in [1.165, 1.54) is 6.20 Å². The number of amides is 1. The van der Waals surface area contributed by atoms with Crippen LogP contribution < -0.4 is 10.6 Å². The van der Waals surface area contributed by atoms with Crippen LogP contribution in [0, 0.1) is 0 Å². The molecule has 0 aliphatic carbocycles. The van der Waals surface area contributed by atoms with Gasteiger partial charge in [-0.1, -0.05) is 0 Å². The van der Waals surface area contributed by atoms with Gasteiger partial charge in [0.05, 0.1) is 18.0 Å². The molecule has 1 aromatic heterocycles. The fraction of sp³-hybridized carbons (Fsp3) is 0.400. The van der Waals surface area contributed by atoms with Crippen molar-refractivity contribution in [2.75, 3.05) is 23.1 Å². The van der Waals surface area contributed by atoms with Crippen LogP contribution in [0.4, 0.5) is 11.5 Å². The Morgan fingerprint density at radius 2 is 2.38 bits per heavy atom. The van der Waals surface area contributed by atoms with Gasteiger partial charge in [0.15, 0.2) is 0 Å². The van der Waals surface area contributed by atoms with Crippen molar-refractivity contribution in [3.8, 4) is 0 Å². The van der Waals surface area contributed by atoms with Crippen LogP contribution in [-0.2, 0) is 4.79 Å². The Morgan fingerprint density at radius 3 is 2.88 bits per heavy atom. The van der Waals surface area contributed by atoms with E-state index in [4.69, 9.17) is 16.7 Å². The maximum atomic E-state index is 11.0. The number of pyridine rings is 1. The average molecular weight is 244 g/mol. The molecule has 6 heteroatoms. The molecule has 0 aliphatic rings.